The van der Waals surface area contributed by atoms with Gasteiger partial charge < -0.3 is 20.5 Å². The molecule has 2 aromatic rings. The SMILES string of the molecule is COc1ccc(C(F)F)cc1NC(=O)Nc1cccc(C(=O)O)c1. The number of ether oxygens (including phenoxy) is 1. The standard InChI is InChI=1S/C16H14F2N2O4/c1-24-13-6-5-9(14(17)18)8-12(13)20-16(23)19-11-4-2-3-10(7-11)15(21)22/h2-8,14H,1H3,(H,21,22)(H2,19,20,23). The van der Waals surface area contributed by atoms with Gasteiger partial charge >= 0.3 is 12.0 Å². The normalized spacial score (nSPS) is 10.3. The average molecular weight is 336 g/mol. The Balaban J connectivity index is 2.16. The minimum atomic E-state index is -2.69. The van der Waals surface area contributed by atoms with E-state index < -0.39 is 18.4 Å². The van der Waals surface area contributed by atoms with Crippen molar-refractivity contribution >= 4 is 23.4 Å². The number of urea groups is 1. The number of alkyl halides is 2. The second kappa shape index (κ2) is 7.40. The number of carbonyl (C=O) groups excluding carboxylic acids is 1. The maximum Gasteiger partial charge on any atom is 0.335 e. The molecule has 0 aliphatic rings. The molecule has 0 heterocycles. The van der Waals surface area contributed by atoms with E-state index >= 15 is 0 Å². The van der Waals surface area contributed by atoms with Crippen molar-refractivity contribution in [1.29, 1.82) is 0 Å². The number of halogens is 2. The van der Waals surface area contributed by atoms with Gasteiger partial charge in [-0.2, -0.15) is 0 Å². The summed E-state index contributed by atoms with van der Waals surface area (Å²) in [6.45, 7) is 0. The molecule has 0 aromatic heterocycles. The summed E-state index contributed by atoms with van der Waals surface area (Å²) in [5.74, 6) is -0.917. The number of aromatic carboxylic acids is 1. The number of methoxy groups -OCH3 is 1. The van der Waals surface area contributed by atoms with E-state index in [-0.39, 0.29) is 28.3 Å². The molecule has 0 aliphatic carbocycles. The van der Waals surface area contributed by atoms with E-state index in [0.29, 0.717) is 0 Å². The molecule has 3 N–H and O–H groups in total. The monoisotopic (exact) mass is 336 g/mol. The lowest BCUT2D eigenvalue weighted by atomic mass is 10.2. The fourth-order valence-electron chi connectivity index (χ4n) is 1.97. The summed E-state index contributed by atoms with van der Waals surface area (Å²) in [5, 5.41) is 13.7. The van der Waals surface area contributed by atoms with Gasteiger partial charge in [-0.15, -0.1) is 0 Å². The average Bonchev–Trinajstić information content (AvgIpc) is 2.54. The zero-order chi connectivity index (χ0) is 17.7. The van der Waals surface area contributed by atoms with Crippen LogP contribution in [0.5, 0.6) is 5.75 Å². The van der Waals surface area contributed by atoms with E-state index in [9.17, 15) is 18.4 Å². The molecule has 0 unspecified atom stereocenters. The first-order valence-electron chi connectivity index (χ1n) is 6.78. The first-order chi connectivity index (χ1) is 11.4. The van der Waals surface area contributed by atoms with Crippen molar-refractivity contribution in [3.05, 3.63) is 53.6 Å². The van der Waals surface area contributed by atoms with Crippen LogP contribution < -0.4 is 15.4 Å². The number of hydrogen-bond donors (Lipinski definition) is 3. The van der Waals surface area contributed by atoms with Crippen LogP contribution in [0.25, 0.3) is 0 Å². The molecule has 2 amide bonds. The van der Waals surface area contributed by atoms with Gasteiger partial charge in [0, 0.05) is 11.3 Å². The van der Waals surface area contributed by atoms with Gasteiger partial charge in [0.1, 0.15) is 5.75 Å². The maximum atomic E-state index is 12.8. The van der Waals surface area contributed by atoms with E-state index in [4.69, 9.17) is 9.84 Å². The number of carboxylic acid groups (broad SMARTS) is 1. The van der Waals surface area contributed by atoms with Crippen LogP contribution in [0.3, 0.4) is 0 Å². The number of rotatable bonds is 5. The van der Waals surface area contributed by atoms with E-state index in [1.807, 2.05) is 0 Å². The number of hydrogen-bond acceptors (Lipinski definition) is 3. The van der Waals surface area contributed by atoms with Crippen LogP contribution in [0.1, 0.15) is 22.3 Å². The number of carbonyl (C=O) groups is 2. The van der Waals surface area contributed by atoms with Gasteiger partial charge in [0.15, 0.2) is 0 Å². The predicted octanol–water partition coefficient (Wildman–Crippen LogP) is 3.98. The largest absolute Gasteiger partial charge is 0.495 e. The maximum absolute atomic E-state index is 12.8. The molecule has 0 bridgehead atoms. The smallest absolute Gasteiger partial charge is 0.335 e. The van der Waals surface area contributed by atoms with Gasteiger partial charge in [0.25, 0.3) is 6.43 Å². The van der Waals surface area contributed by atoms with Crippen molar-refractivity contribution < 1.29 is 28.2 Å². The molecule has 0 aliphatic heterocycles. The van der Waals surface area contributed by atoms with Crippen LogP contribution in [0.4, 0.5) is 25.0 Å². The molecule has 6 nitrogen and oxygen atoms in total. The van der Waals surface area contributed by atoms with Crippen LogP contribution >= 0.6 is 0 Å². The molecular weight excluding hydrogens is 322 g/mol. The topological polar surface area (TPSA) is 87.7 Å². The van der Waals surface area contributed by atoms with Crippen molar-refractivity contribution in [1.82, 2.24) is 0 Å². The van der Waals surface area contributed by atoms with E-state index in [2.05, 4.69) is 10.6 Å². The highest BCUT2D eigenvalue weighted by Crippen LogP contribution is 2.30. The molecule has 0 atom stereocenters. The van der Waals surface area contributed by atoms with Crippen LogP contribution in [-0.4, -0.2) is 24.2 Å². The molecule has 0 radical (unpaired) electrons. The second-order valence-corrected chi connectivity index (χ2v) is 4.73. The highest BCUT2D eigenvalue weighted by atomic mass is 19.3. The number of amides is 2. The molecule has 126 valence electrons. The number of nitrogens with one attached hydrogen (secondary N) is 2. The van der Waals surface area contributed by atoms with Gasteiger partial charge in [-0.25, -0.2) is 18.4 Å². The van der Waals surface area contributed by atoms with Gasteiger partial charge in [-0.05, 0) is 36.4 Å². The lowest BCUT2D eigenvalue weighted by Gasteiger charge is -2.13. The Kier molecular flexibility index (Phi) is 5.31. The van der Waals surface area contributed by atoms with Crippen molar-refractivity contribution in [3.63, 3.8) is 0 Å². The van der Waals surface area contributed by atoms with Gasteiger partial charge in [-0.1, -0.05) is 6.07 Å². The Labute approximate surface area is 136 Å². The molecule has 0 saturated heterocycles. The third-order valence-electron chi connectivity index (χ3n) is 3.09. The van der Waals surface area contributed by atoms with Crippen molar-refractivity contribution in [3.8, 4) is 5.75 Å². The van der Waals surface area contributed by atoms with Crippen LogP contribution in [-0.2, 0) is 0 Å². The molecule has 24 heavy (non-hydrogen) atoms. The Hall–Kier alpha value is -3.16. The zero-order valence-corrected chi connectivity index (χ0v) is 12.5. The van der Waals surface area contributed by atoms with Crippen molar-refractivity contribution in [2.45, 2.75) is 6.43 Å². The van der Waals surface area contributed by atoms with Crippen LogP contribution in [0, 0.1) is 0 Å². The van der Waals surface area contributed by atoms with Crippen molar-refractivity contribution in [2.75, 3.05) is 17.7 Å². The minimum absolute atomic E-state index is 0.00470. The number of carboxylic acids is 1. The molecule has 2 aromatic carbocycles. The van der Waals surface area contributed by atoms with Crippen LogP contribution in [0.2, 0.25) is 0 Å². The summed E-state index contributed by atoms with van der Waals surface area (Å²) in [4.78, 5) is 22.9. The van der Waals surface area contributed by atoms with Crippen molar-refractivity contribution in [2.24, 2.45) is 0 Å². The molecule has 0 spiro atoms. The fraction of sp³-hybridized carbons (Fsp3) is 0.125. The summed E-state index contributed by atoms with van der Waals surface area (Å²) < 4.78 is 30.5. The number of anilines is 2. The quantitative estimate of drug-likeness (QED) is 0.771. The van der Waals surface area contributed by atoms with Crippen LogP contribution in [0.15, 0.2) is 42.5 Å². The molecule has 0 fully saturated rings. The lowest BCUT2D eigenvalue weighted by Crippen LogP contribution is -2.20. The number of benzene rings is 2. The molecule has 0 saturated carbocycles. The fourth-order valence-corrected chi connectivity index (χ4v) is 1.97. The third kappa shape index (κ3) is 4.19. The highest BCUT2D eigenvalue weighted by Gasteiger charge is 2.13. The molecule has 2 rings (SSSR count). The Morgan fingerprint density at radius 2 is 1.88 bits per heavy atom. The summed E-state index contributed by atoms with van der Waals surface area (Å²) in [6, 6.07) is 8.52. The third-order valence-corrected chi connectivity index (χ3v) is 3.09. The Bertz CT molecular complexity index is 765. The second-order valence-electron chi connectivity index (χ2n) is 4.73. The molecule has 8 heteroatoms. The Morgan fingerprint density at radius 3 is 2.50 bits per heavy atom. The highest BCUT2D eigenvalue weighted by molar-refractivity contribution is 6.01. The lowest BCUT2D eigenvalue weighted by molar-refractivity contribution is 0.0697. The predicted molar refractivity (Wildman–Crippen MR) is 84.0 cm³/mol. The van der Waals surface area contributed by atoms with E-state index in [0.717, 1.165) is 6.07 Å². The van der Waals surface area contributed by atoms with Gasteiger partial charge in [0.05, 0.1) is 18.4 Å². The summed E-state index contributed by atoms with van der Waals surface area (Å²) in [5.41, 5.74) is 0.0580. The summed E-state index contributed by atoms with van der Waals surface area (Å²) in [6.07, 6.45) is -2.69. The minimum Gasteiger partial charge on any atom is -0.495 e. The summed E-state index contributed by atoms with van der Waals surface area (Å²) in [7, 11) is 1.34. The van der Waals surface area contributed by atoms with Gasteiger partial charge in [-0.3, -0.25) is 0 Å². The first kappa shape index (κ1) is 17.2. The van der Waals surface area contributed by atoms with E-state index in [1.54, 1.807) is 0 Å². The summed E-state index contributed by atoms with van der Waals surface area (Å²) >= 11 is 0. The molecular formula is C16H14F2N2O4. The van der Waals surface area contributed by atoms with Gasteiger partial charge in [0.2, 0.25) is 0 Å². The van der Waals surface area contributed by atoms with E-state index in [1.165, 1.54) is 43.5 Å². The zero-order valence-electron chi connectivity index (χ0n) is 12.5. The first-order valence-corrected chi connectivity index (χ1v) is 6.78. The Morgan fingerprint density at radius 1 is 1.12 bits per heavy atom.